The molecule has 2 aromatic rings. The van der Waals surface area contributed by atoms with Crippen molar-refractivity contribution in [3.05, 3.63) is 59.2 Å². The van der Waals surface area contributed by atoms with Crippen LogP contribution in [0.15, 0.2) is 47.4 Å². The number of hydrogen-bond donors (Lipinski definition) is 1. The van der Waals surface area contributed by atoms with E-state index in [1.807, 2.05) is 31.2 Å². The van der Waals surface area contributed by atoms with Gasteiger partial charge >= 0.3 is 0 Å². The van der Waals surface area contributed by atoms with Crippen LogP contribution in [0.4, 0.5) is 0 Å². The van der Waals surface area contributed by atoms with Gasteiger partial charge in [0.2, 0.25) is 0 Å². The van der Waals surface area contributed by atoms with Gasteiger partial charge in [0.15, 0.2) is 0 Å². The maximum atomic E-state index is 12.9. The predicted octanol–water partition coefficient (Wildman–Crippen LogP) is 5.33. The summed E-state index contributed by atoms with van der Waals surface area (Å²) in [6, 6.07) is 12.8. The molecule has 160 valence electrons. The topological polar surface area (TPSA) is 63.6 Å². The Bertz CT molecular complexity index is 1060. The van der Waals surface area contributed by atoms with E-state index in [-0.39, 0.29) is 16.4 Å². The number of rotatable bonds is 3. The number of phenols is 1. The molecule has 0 radical (unpaired) electrons. The van der Waals surface area contributed by atoms with Crippen molar-refractivity contribution in [2.45, 2.75) is 69.3 Å². The van der Waals surface area contributed by atoms with Crippen LogP contribution in [0.3, 0.4) is 0 Å². The summed E-state index contributed by atoms with van der Waals surface area (Å²) in [6.45, 7) is 4.20. The van der Waals surface area contributed by atoms with Gasteiger partial charge in [-0.2, -0.15) is 8.42 Å². The van der Waals surface area contributed by atoms with E-state index >= 15 is 0 Å². The Labute approximate surface area is 179 Å². The molecular weight excluding hydrogens is 396 g/mol. The van der Waals surface area contributed by atoms with Crippen molar-refractivity contribution in [1.82, 2.24) is 0 Å². The highest BCUT2D eigenvalue weighted by atomic mass is 32.2. The van der Waals surface area contributed by atoms with Gasteiger partial charge in [-0.1, -0.05) is 30.7 Å². The molecule has 0 amide bonds. The van der Waals surface area contributed by atoms with Crippen molar-refractivity contribution in [3.8, 4) is 5.75 Å². The largest absolute Gasteiger partial charge is 0.508 e. The monoisotopic (exact) mass is 426 g/mol. The Hall–Kier alpha value is -1.85. The molecule has 0 heterocycles. The predicted molar refractivity (Wildman–Crippen MR) is 116 cm³/mol. The number of fused-ring (bicyclic) bond motifs is 5. The van der Waals surface area contributed by atoms with Crippen molar-refractivity contribution in [3.63, 3.8) is 0 Å². The Balaban J connectivity index is 1.39. The molecule has 0 aromatic heterocycles. The molecule has 1 N–H and O–H groups in total. The number of aromatic hydroxyl groups is 1. The van der Waals surface area contributed by atoms with Gasteiger partial charge in [0.05, 0.1) is 11.0 Å². The van der Waals surface area contributed by atoms with Crippen molar-refractivity contribution in [2.24, 2.45) is 17.3 Å². The fraction of sp³-hybridized carbons (Fsp3) is 0.520. The summed E-state index contributed by atoms with van der Waals surface area (Å²) in [6.07, 6.45) is 5.71. The zero-order valence-electron chi connectivity index (χ0n) is 17.7. The molecule has 0 aliphatic heterocycles. The number of aryl methyl sites for hydroxylation is 2. The minimum absolute atomic E-state index is 0.104. The van der Waals surface area contributed by atoms with Crippen molar-refractivity contribution in [2.75, 3.05) is 0 Å². The summed E-state index contributed by atoms with van der Waals surface area (Å²) >= 11 is 0. The average molecular weight is 427 g/mol. The summed E-state index contributed by atoms with van der Waals surface area (Å²) in [5.74, 6) is 1.91. The lowest BCUT2D eigenvalue weighted by Gasteiger charge is -2.50. The molecule has 0 unspecified atom stereocenters. The van der Waals surface area contributed by atoms with E-state index in [1.165, 1.54) is 11.1 Å². The highest BCUT2D eigenvalue weighted by Gasteiger charge is 2.56. The smallest absolute Gasteiger partial charge is 0.297 e. The average Bonchev–Trinajstić information content (AvgIpc) is 3.03. The third kappa shape index (κ3) is 3.18. The third-order valence-corrected chi connectivity index (χ3v) is 9.51. The Morgan fingerprint density at radius 3 is 2.57 bits per heavy atom. The van der Waals surface area contributed by atoms with E-state index in [1.54, 1.807) is 12.1 Å². The number of hydrogen-bond acceptors (Lipinski definition) is 4. The summed E-state index contributed by atoms with van der Waals surface area (Å²) in [5, 5.41) is 9.85. The maximum absolute atomic E-state index is 12.9. The van der Waals surface area contributed by atoms with Gasteiger partial charge in [-0.15, -0.1) is 0 Å². The summed E-state index contributed by atoms with van der Waals surface area (Å²) in [5.41, 5.74) is 3.61. The molecule has 5 heteroatoms. The minimum atomic E-state index is -3.76. The van der Waals surface area contributed by atoms with Gasteiger partial charge in [0, 0.05) is 0 Å². The van der Waals surface area contributed by atoms with Crippen LogP contribution in [-0.2, 0) is 20.7 Å². The van der Waals surface area contributed by atoms with Crippen LogP contribution in [0.25, 0.3) is 0 Å². The molecular formula is C25H30O4S. The fourth-order valence-corrected chi connectivity index (χ4v) is 7.79. The Morgan fingerprint density at radius 1 is 1.03 bits per heavy atom. The van der Waals surface area contributed by atoms with Crippen LogP contribution in [0.5, 0.6) is 5.75 Å². The lowest BCUT2D eigenvalue weighted by Crippen LogP contribution is -2.45. The molecule has 2 aromatic carbocycles. The van der Waals surface area contributed by atoms with E-state index in [9.17, 15) is 13.5 Å². The molecule has 3 aliphatic rings. The molecule has 5 rings (SSSR count). The molecule has 5 atom stereocenters. The van der Waals surface area contributed by atoms with Crippen LogP contribution in [0.2, 0.25) is 0 Å². The van der Waals surface area contributed by atoms with E-state index in [4.69, 9.17) is 4.18 Å². The van der Waals surface area contributed by atoms with E-state index in [0.29, 0.717) is 23.5 Å². The zero-order valence-corrected chi connectivity index (χ0v) is 18.5. The molecule has 2 fully saturated rings. The molecule has 0 bridgehead atoms. The van der Waals surface area contributed by atoms with Crippen molar-refractivity contribution >= 4 is 10.1 Å². The van der Waals surface area contributed by atoms with E-state index in [2.05, 4.69) is 13.0 Å². The second kappa shape index (κ2) is 7.10. The zero-order chi connectivity index (χ0) is 21.1. The second-order valence-corrected chi connectivity index (χ2v) is 11.3. The molecule has 2 saturated carbocycles. The van der Waals surface area contributed by atoms with Crippen molar-refractivity contribution < 1.29 is 17.7 Å². The van der Waals surface area contributed by atoms with Gasteiger partial charge in [-0.25, -0.2) is 0 Å². The van der Waals surface area contributed by atoms with Gasteiger partial charge < -0.3 is 5.11 Å². The maximum Gasteiger partial charge on any atom is 0.297 e. The second-order valence-electron chi connectivity index (χ2n) is 9.77. The van der Waals surface area contributed by atoms with Crippen molar-refractivity contribution in [1.29, 1.82) is 0 Å². The van der Waals surface area contributed by atoms with Gasteiger partial charge in [-0.3, -0.25) is 4.18 Å². The first-order valence-electron chi connectivity index (χ1n) is 11.1. The third-order valence-electron chi connectivity index (χ3n) is 8.18. The van der Waals surface area contributed by atoms with Gasteiger partial charge in [0.25, 0.3) is 10.1 Å². The first-order chi connectivity index (χ1) is 14.3. The minimum Gasteiger partial charge on any atom is -0.508 e. The highest BCUT2D eigenvalue weighted by Crippen LogP contribution is 2.61. The molecule has 4 nitrogen and oxygen atoms in total. The quantitative estimate of drug-likeness (QED) is 0.674. The van der Waals surface area contributed by atoms with Crippen LogP contribution in [0, 0.1) is 24.2 Å². The number of benzene rings is 2. The van der Waals surface area contributed by atoms with E-state index < -0.39 is 10.1 Å². The van der Waals surface area contributed by atoms with Crippen LogP contribution < -0.4 is 0 Å². The number of phenolic OH excluding ortho intramolecular Hbond substituents is 1. The summed E-state index contributed by atoms with van der Waals surface area (Å²) in [7, 11) is -3.76. The van der Waals surface area contributed by atoms with Gasteiger partial charge in [0.1, 0.15) is 5.75 Å². The molecule has 0 saturated heterocycles. The first-order valence-corrected chi connectivity index (χ1v) is 12.5. The first kappa shape index (κ1) is 20.1. The van der Waals surface area contributed by atoms with Gasteiger partial charge in [-0.05, 0) is 104 Å². The Morgan fingerprint density at radius 2 is 1.80 bits per heavy atom. The normalized spacial score (nSPS) is 32.9. The Kier molecular flexibility index (Phi) is 4.75. The lowest BCUT2D eigenvalue weighted by molar-refractivity contribution is -0.00804. The van der Waals surface area contributed by atoms with Crippen LogP contribution >= 0.6 is 0 Å². The van der Waals surface area contributed by atoms with E-state index in [0.717, 1.165) is 44.1 Å². The molecule has 0 spiro atoms. The lowest BCUT2D eigenvalue weighted by atomic mass is 9.55. The molecule has 30 heavy (non-hydrogen) atoms. The standard InChI is InChI=1S/C25H30O4S/c1-16-3-7-19(8-4-16)30(27,28)29-24-12-11-23-22-9-5-17-15-18(26)6-10-20(17)21(22)13-14-25(23,24)2/h3-4,6-8,10,15,21-24,26H,5,9,11-14H2,1-2H3/t21-,22-,23-,24+,25-/m0/s1. The molecule has 3 aliphatic carbocycles. The summed E-state index contributed by atoms with van der Waals surface area (Å²) < 4.78 is 31.8. The van der Waals surface area contributed by atoms with Crippen LogP contribution in [0.1, 0.15) is 61.6 Å². The summed E-state index contributed by atoms with van der Waals surface area (Å²) in [4.78, 5) is 0.250. The van der Waals surface area contributed by atoms with Crippen LogP contribution in [-0.4, -0.2) is 19.6 Å². The fourth-order valence-electron chi connectivity index (χ4n) is 6.59. The SMILES string of the molecule is Cc1ccc(S(=O)(=O)O[C@@H]2CC[C@H]3[C@H]4CCc5cc(O)ccc5[C@@H]4CC[C@]23C)cc1. The highest BCUT2D eigenvalue weighted by molar-refractivity contribution is 7.86.